The van der Waals surface area contributed by atoms with Gasteiger partial charge in [-0.1, -0.05) is 0 Å². The summed E-state index contributed by atoms with van der Waals surface area (Å²) in [5.41, 5.74) is 0.231. The lowest BCUT2D eigenvalue weighted by atomic mass is 10.4. The van der Waals surface area contributed by atoms with Gasteiger partial charge in [-0.2, -0.15) is 0 Å². The predicted octanol–water partition coefficient (Wildman–Crippen LogP) is 0.623. The molecule has 1 aromatic heterocycles. The molecule has 3 heteroatoms. The minimum Gasteiger partial charge on any atom is -0.378 e. The molecule has 0 saturated heterocycles. The van der Waals surface area contributed by atoms with Crippen LogP contribution in [0.3, 0.4) is 0 Å². The maximum atomic E-state index is 7.27. The summed E-state index contributed by atoms with van der Waals surface area (Å²) in [7, 11) is 1.29. The molecule has 0 aliphatic heterocycles. The van der Waals surface area contributed by atoms with Crippen LogP contribution in [-0.2, 0) is 11.3 Å². The minimum absolute atomic E-state index is 0.231. The Morgan fingerprint density at radius 2 is 2.78 bits per heavy atom. The van der Waals surface area contributed by atoms with E-state index in [0.29, 0.717) is 0 Å². The molecule has 0 aliphatic rings. The van der Waals surface area contributed by atoms with Crippen LogP contribution in [0, 0.1) is 0 Å². The van der Waals surface area contributed by atoms with Crippen LogP contribution in [0.25, 0.3) is 0 Å². The van der Waals surface area contributed by atoms with Crippen molar-refractivity contribution in [3.8, 4) is 0 Å². The van der Waals surface area contributed by atoms with E-state index in [0.717, 1.165) is 0 Å². The Morgan fingerprint density at radius 3 is 3.33 bits per heavy atom. The van der Waals surface area contributed by atoms with Crippen molar-refractivity contribution in [3.05, 3.63) is 24.3 Å². The average Bonchev–Trinajstić information content (AvgIpc) is 2.06. The standard InChI is InChI=1S/C6H8N2O/c1-9-4-6-2-3-7-5-8-6/h2-3,5H,4H2,1H3/i4D2. The van der Waals surface area contributed by atoms with Crippen molar-refractivity contribution < 1.29 is 7.48 Å². The van der Waals surface area contributed by atoms with Crippen LogP contribution in [-0.4, -0.2) is 17.1 Å². The van der Waals surface area contributed by atoms with Gasteiger partial charge >= 0.3 is 0 Å². The monoisotopic (exact) mass is 126 g/mol. The van der Waals surface area contributed by atoms with E-state index < -0.39 is 6.56 Å². The topological polar surface area (TPSA) is 35.0 Å². The summed E-state index contributed by atoms with van der Waals surface area (Å²) in [6.45, 7) is -1.82. The van der Waals surface area contributed by atoms with E-state index in [9.17, 15) is 0 Å². The first kappa shape index (κ1) is 3.95. The molecule has 0 aliphatic carbocycles. The molecule has 0 bridgehead atoms. The fourth-order valence-electron chi connectivity index (χ4n) is 0.456. The molecule has 1 aromatic rings. The van der Waals surface area contributed by atoms with E-state index in [4.69, 9.17) is 2.74 Å². The number of nitrogens with zero attached hydrogens (tertiary/aromatic N) is 2. The third kappa shape index (κ3) is 1.77. The van der Waals surface area contributed by atoms with Gasteiger partial charge in [0.05, 0.1) is 15.0 Å². The molecule has 0 atom stereocenters. The van der Waals surface area contributed by atoms with Gasteiger partial charge in [0.15, 0.2) is 0 Å². The predicted molar refractivity (Wildman–Crippen MR) is 32.7 cm³/mol. The quantitative estimate of drug-likeness (QED) is 0.582. The molecular weight excluding hydrogens is 116 g/mol. The molecule has 0 spiro atoms. The summed E-state index contributed by atoms with van der Waals surface area (Å²) >= 11 is 0. The lowest BCUT2D eigenvalue weighted by molar-refractivity contribution is 0.181. The molecule has 0 fully saturated rings. The molecular formula is C6H8N2O. The number of ether oxygens (including phenoxy) is 1. The van der Waals surface area contributed by atoms with Gasteiger partial charge in [-0.25, -0.2) is 9.97 Å². The number of aromatic nitrogens is 2. The third-order valence-corrected chi connectivity index (χ3v) is 0.789. The Kier molecular flexibility index (Phi) is 1.38. The van der Waals surface area contributed by atoms with Gasteiger partial charge in [-0.05, 0) is 6.07 Å². The van der Waals surface area contributed by atoms with Crippen LogP contribution in [0.4, 0.5) is 0 Å². The zero-order valence-electron chi connectivity index (χ0n) is 7.03. The summed E-state index contributed by atoms with van der Waals surface area (Å²) in [5.74, 6) is 0. The second-order valence-corrected chi connectivity index (χ2v) is 1.40. The van der Waals surface area contributed by atoms with Crippen LogP contribution < -0.4 is 0 Å². The fraction of sp³-hybridized carbons (Fsp3) is 0.333. The van der Waals surface area contributed by atoms with Crippen molar-refractivity contribution in [2.24, 2.45) is 0 Å². The number of methoxy groups -OCH3 is 1. The van der Waals surface area contributed by atoms with Gasteiger partial charge in [0.2, 0.25) is 0 Å². The highest BCUT2D eigenvalue weighted by molar-refractivity contribution is 4.95. The summed E-state index contributed by atoms with van der Waals surface area (Å²) in [4.78, 5) is 7.37. The highest BCUT2D eigenvalue weighted by atomic mass is 16.5. The summed E-state index contributed by atoms with van der Waals surface area (Å²) in [6, 6.07) is 1.48. The normalized spacial score (nSPS) is 14.3. The molecule has 48 valence electrons. The molecule has 9 heavy (non-hydrogen) atoms. The second-order valence-electron chi connectivity index (χ2n) is 1.40. The van der Waals surface area contributed by atoms with E-state index in [-0.39, 0.29) is 5.69 Å². The molecule has 0 unspecified atom stereocenters. The van der Waals surface area contributed by atoms with Crippen molar-refractivity contribution >= 4 is 0 Å². The van der Waals surface area contributed by atoms with E-state index >= 15 is 0 Å². The van der Waals surface area contributed by atoms with E-state index in [1.54, 1.807) is 0 Å². The Bertz CT molecular complexity index is 227. The fourth-order valence-corrected chi connectivity index (χ4v) is 0.456. The Hall–Kier alpha value is -0.960. The van der Waals surface area contributed by atoms with Gasteiger partial charge in [-0.3, -0.25) is 0 Å². The van der Waals surface area contributed by atoms with Crippen molar-refractivity contribution in [1.82, 2.24) is 9.97 Å². The SMILES string of the molecule is [2H]C([2H])(OC)c1ccncn1. The number of rotatable bonds is 2. The zero-order valence-corrected chi connectivity index (χ0v) is 5.03. The van der Waals surface area contributed by atoms with E-state index in [1.807, 2.05) is 0 Å². The first-order valence-electron chi connectivity index (χ1n) is 3.48. The lowest BCUT2D eigenvalue weighted by Gasteiger charge is -1.93. The molecule has 0 saturated carbocycles. The molecule has 0 aromatic carbocycles. The molecule has 1 heterocycles. The summed E-state index contributed by atoms with van der Waals surface area (Å²) < 4.78 is 19.1. The summed E-state index contributed by atoms with van der Waals surface area (Å²) in [6.07, 6.45) is 2.76. The smallest absolute Gasteiger partial charge is 0.115 e. The molecule has 0 N–H and O–H groups in total. The average molecular weight is 126 g/mol. The molecule has 0 radical (unpaired) electrons. The van der Waals surface area contributed by atoms with Crippen molar-refractivity contribution in [2.75, 3.05) is 7.11 Å². The molecule has 0 amide bonds. The van der Waals surface area contributed by atoms with Gasteiger partial charge < -0.3 is 4.74 Å². The Balaban J connectivity index is 2.93. The Labute approximate surface area is 56.5 Å². The van der Waals surface area contributed by atoms with Crippen molar-refractivity contribution in [2.45, 2.75) is 6.56 Å². The summed E-state index contributed by atoms with van der Waals surface area (Å²) in [5, 5.41) is 0. The minimum atomic E-state index is -1.82. The van der Waals surface area contributed by atoms with Crippen molar-refractivity contribution in [1.29, 1.82) is 0 Å². The van der Waals surface area contributed by atoms with E-state index in [2.05, 4.69) is 14.7 Å². The highest BCUT2D eigenvalue weighted by Gasteiger charge is 1.87. The van der Waals surface area contributed by atoms with Gasteiger partial charge in [0.1, 0.15) is 6.33 Å². The largest absolute Gasteiger partial charge is 0.378 e. The molecule has 3 nitrogen and oxygen atoms in total. The highest BCUT2D eigenvalue weighted by Crippen LogP contribution is 1.90. The zero-order chi connectivity index (χ0) is 8.32. The Morgan fingerprint density at radius 1 is 1.89 bits per heavy atom. The first-order valence-corrected chi connectivity index (χ1v) is 2.48. The first-order chi connectivity index (χ1) is 5.17. The number of hydrogen-bond acceptors (Lipinski definition) is 3. The van der Waals surface area contributed by atoms with Gasteiger partial charge in [0, 0.05) is 13.3 Å². The second kappa shape index (κ2) is 3.14. The molecule has 1 rings (SSSR count). The van der Waals surface area contributed by atoms with Crippen LogP contribution in [0.5, 0.6) is 0 Å². The lowest BCUT2D eigenvalue weighted by Crippen LogP contribution is -1.90. The van der Waals surface area contributed by atoms with Crippen molar-refractivity contribution in [3.63, 3.8) is 0 Å². The van der Waals surface area contributed by atoms with E-state index in [1.165, 1.54) is 25.7 Å². The maximum absolute atomic E-state index is 7.27. The number of hydrogen-bond donors (Lipinski definition) is 0. The van der Waals surface area contributed by atoms with Crippen LogP contribution in [0.2, 0.25) is 0 Å². The van der Waals surface area contributed by atoms with Gasteiger partial charge in [-0.15, -0.1) is 0 Å². The third-order valence-electron chi connectivity index (χ3n) is 0.789. The van der Waals surface area contributed by atoms with Crippen LogP contribution >= 0.6 is 0 Å². The van der Waals surface area contributed by atoms with Crippen LogP contribution in [0.15, 0.2) is 18.6 Å². The van der Waals surface area contributed by atoms with Gasteiger partial charge in [0.25, 0.3) is 0 Å². The van der Waals surface area contributed by atoms with Crippen LogP contribution in [0.1, 0.15) is 8.44 Å². The maximum Gasteiger partial charge on any atom is 0.115 e.